The van der Waals surface area contributed by atoms with Crippen molar-refractivity contribution in [2.24, 2.45) is 0 Å². The first-order chi connectivity index (χ1) is 16.7. The second kappa shape index (κ2) is 9.29. The quantitative estimate of drug-likeness (QED) is 0.297. The number of hydrogen-bond acceptors (Lipinski definition) is 5. The number of benzene rings is 3. The van der Waals surface area contributed by atoms with Crippen molar-refractivity contribution in [2.75, 3.05) is 19.1 Å². The average molecular weight is 472 g/mol. The number of Topliss-reactive ketones (excluding diaryl/α,β-unsaturated/α-hetero) is 1. The van der Waals surface area contributed by atoms with Crippen LogP contribution >= 0.6 is 0 Å². The van der Waals surface area contributed by atoms with E-state index in [1.54, 1.807) is 49.6 Å². The number of aliphatic hydroxyl groups is 1. The van der Waals surface area contributed by atoms with Gasteiger partial charge < -0.3 is 14.6 Å². The molecule has 1 fully saturated rings. The standard InChI is InChI=1S/C29H29NO5/c1-29(2,3)20-12-14-21(15-13-20)30-25(18-8-6-10-22(16-18)34-4)24(27(32)28(30)33)26(31)19-9-7-11-23(17-19)35-5/h6-17,25,31H,1-5H3/b26-24-. The molecule has 0 spiro atoms. The highest BCUT2D eigenvalue weighted by Crippen LogP contribution is 2.43. The third kappa shape index (κ3) is 4.52. The third-order valence-electron chi connectivity index (χ3n) is 6.21. The molecule has 3 aromatic carbocycles. The molecule has 0 aromatic heterocycles. The zero-order valence-corrected chi connectivity index (χ0v) is 20.5. The van der Waals surface area contributed by atoms with E-state index in [0.717, 1.165) is 5.56 Å². The van der Waals surface area contributed by atoms with Crippen LogP contribution in [0.2, 0.25) is 0 Å². The minimum Gasteiger partial charge on any atom is -0.507 e. The first kappa shape index (κ1) is 24.1. The van der Waals surface area contributed by atoms with E-state index >= 15 is 0 Å². The summed E-state index contributed by atoms with van der Waals surface area (Å²) in [6, 6.07) is 20.7. The molecule has 6 nitrogen and oxygen atoms in total. The lowest BCUT2D eigenvalue weighted by molar-refractivity contribution is -0.132. The van der Waals surface area contributed by atoms with Gasteiger partial charge in [0, 0.05) is 11.3 Å². The van der Waals surface area contributed by atoms with Gasteiger partial charge in [-0.3, -0.25) is 14.5 Å². The molecule has 1 unspecified atom stereocenters. The van der Waals surface area contributed by atoms with Gasteiger partial charge in [0.1, 0.15) is 17.3 Å². The highest BCUT2D eigenvalue weighted by molar-refractivity contribution is 6.51. The molecule has 35 heavy (non-hydrogen) atoms. The number of anilines is 1. The normalized spacial score (nSPS) is 17.5. The molecule has 1 amide bonds. The molecule has 0 saturated carbocycles. The van der Waals surface area contributed by atoms with Crippen LogP contribution in [0.15, 0.2) is 78.4 Å². The first-order valence-electron chi connectivity index (χ1n) is 11.4. The van der Waals surface area contributed by atoms with Gasteiger partial charge in [-0.2, -0.15) is 0 Å². The molecular weight excluding hydrogens is 442 g/mol. The number of ketones is 1. The minimum absolute atomic E-state index is 0.0106. The number of ether oxygens (including phenoxy) is 2. The van der Waals surface area contributed by atoms with Gasteiger partial charge >= 0.3 is 0 Å². The number of methoxy groups -OCH3 is 2. The fraction of sp³-hybridized carbons (Fsp3) is 0.241. The summed E-state index contributed by atoms with van der Waals surface area (Å²) < 4.78 is 10.7. The zero-order valence-electron chi connectivity index (χ0n) is 20.5. The predicted octanol–water partition coefficient (Wildman–Crippen LogP) is 5.63. The Morgan fingerprint density at radius 1 is 0.857 bits per heavy atom. The van der Waals surface area contributed by atoms with Gasteiger partial charge in [-0.05, 0) is 52.9 Å². The molecular formula is C29H29NO5. The van der Waals surface area contributed by atoms with Crippen LogP contribution in [0.3, 0.4) is 0 Å². The summed E-state index contributed by atoms with van der Waals surface area (Å²) in [4.78, 5) is 28.2. The summed E-state index contributed by atoms with van der Waals surface area (Å²) in [5.74, 6) is -0.607. The van der Waals surface area contributed by atoms with Gasteiger partial charge in [-0.15, -0.1) is 0 Å². The maximum Gasteiger partial charge on any atom is 0.300 e. The SMILES string of the molecule is COc1cccc(/C(O)=C2/C(=O)C(=O)N(c3ccc(C(C)(C)C)cc3)C2c2cccc(OC)c2)c1. The number of aliphatic hydroxyl groups excluding tert-OH is 1. The van der Waals surface area contributed by atoms with Gasteiger partial charge in [-0.25, -0.2) is 0 Å². The highest BCUT2D eigenvalue weighted by atomic mass is 16.5. The fourth-order valence-corrected chi connectivity index (χ4v) is 4.27. The van der Waals surface area contributed by atoms with Gasteiger partial charge in [-0.1, -0.05) is 57.2 Å². The van der Waals surface area contributed by atoms with Gasteiger partial charge in [0.2, 0.25) is 0 Å². The van der Waals surface area contributed by atoms with Crippen LogP contribution in [0.25, 0.3) is 5.76 Å². The van der Waals surface area contributed by atoms with E-state index in [4.69, 9.17) is 9.47 Å². The molecule has 1 aliphatic heterocycles. The Morgan fingerprint density at radius 3 is 2.06 bits per heavy atom. The van der Waals surface area contributed by atoms with Crippen molar-refractivity contribution in [1.29, 1.82) is 0 Å². The Labute approximate surface area is 205 Å². The van der Waals surface area contributed by atoms with Crippen LogP contribution in [0.5, 0.6) is 11.5 Å². The molecule has 4 rings (SSSR count). The lowest BCUT2D eigenvalue weighted by Crippen LogP contribution is -2.29. The molecule has 180 valence electrons. The van der Waals surface area contributed by atoms with Crippen molar-refractivity contribution in [3.63, 3.8) is 0 Å². The number of carbonyl (C=O) groups excluding carboxylic acids is 2. The lowest BCUT2D eigenvalue weighted by atomic mass is 9.87. The van der Waals surface area contributed by atoms with Gasteiger partial charge in [0.25, 0.3) is 11.7 Å². The van der Waals surface area contributed by atoms with Crippen molar-refractivity contribution >= 4 is 23.1 Å². The van der Waals surface area contributed by atoms with Crippen molar-refractivity contribution in [3.05, 3.63) is 95.1 Å². The third-order valence-corrected chi connectivity index (χ3v) is 6.21. The Morgan fingerprint density at radius 2 is 1.46 bits per heavy atom. The van der Waals surface area contributed by atoms with E-state index in [-0.39, 0.29) is 16.7 Å². The van der Waals surface area contributed by atoms with Crippen LogP contribution in [0.4, 0.5) is 5.69 Å². The summed E-state index contributed by atoms with van der Waals surface area (Å²) >= 11 is 0. The molecule has 6 heteroatoms. The van der Waals surface area contributed by atoms with Crippen molar-refractivity contribution in [1.82, 2.24) is 0 Å². The average Bonchev–Trinajstić information content (AvgIpc) is 3.13. The second-order valence-electron chi connectivity index (χ2n) is 9.47. The second-order valence-corrected chi connectivity index (χ2v) is 9.47. The molecule has 0 bridgehead atoms. The van der Waals surface area contributed by atoms with E-state index in [0.29, 0.717) is 28.3 Å². The van der Waals surface area contributed by atoms with Crippen molar-refractivity contribution in [2.45, 2.75) is 32.2 Å². The highest BCUT2D eigenvalue weighted by Gasteiger charge is 2.47. The van der Waals surface area contributed by atoms with Crippen molar-refractivity contribution in [3.8, 4) is 11.5 Å². The van der Waals surface area contributed by atoms with E-state index in [1.165, 1.54) is 12.0 Å². The number of amides is 1. The largest absolute Gasteiger partial charge is 0.507 e. The molecule has 1 atom stereocenters. The summed E-state index contributed by atoms with van der Waals surface area (Å²) in [5.41, 5.74) is 2.65. The Bertz CT molecular complexity index is 1300. The number of hydrogen-bond donors (Lipinski definition) is 1. The Hall–Kier alpha value is -4.06. The van der Waals surface area contributed by atoms with E-state index in [9.17, 15) is 14.7 Å². The number of carbonyl (C=O) groups is 2. The predicted molar refractivity (Wildman–Crippen MR) is 136 cm³/mol. The summed E-state index contributed by atoms with van der Waals surface area (Å²) in [6.07, 6.45) is 0. The molecule has 1 aliphatic rings. The van der Waals surface area contributed by atoms with Crippen LogP contribution in [0, 0.1) is 0 Å². The Balaban J connectivity index is 1.92. The summed E-state index contributed by atoms with van der Waals surface area (Å²) in [7, 11) is 3.08. The first-order valence-corrected chi connectivity index (χ1v) is 11.4. The molecule has 1 saturated heterocycles. The topological polar surface area (TPSA) is 76.1 Å². The van der Waals surface area contributed by atoms with Crippen LogP contribution < -0.4 is 14.4 Å². The fourth-order valence-electron chi connectivity index (χ4n) is 4.27. The van der Waals surface area contributed by atoms with Crippen molar-refractivity contribution < 1.29 is 24.2 Å². The lowest BCUT2D eigenvalue weighted by Gasteiger charge is -2.27. The van der Waals surface area contributed by atoms with Crippen LogP contribution in [0.1, 0.15) is 43.5 Å². The van der Waals surface area contributed by atoms with Gasteiger partial charge in [0.15, 0.2) is 0 Å². The van der Waals surface area contributed by atoms with Crippen LogP contribution in [-0.4, -0.2) is 31.0 Å². The van der Waals surface area contributed by atoms with Crippen LogP contribution in [-0.2, 0) is 15.0 Å². The molecule has 3 aromatic rings. The Kier molecular flexibility index (Phi) is 6.39. The maximum atomic E-state index is 13.4. The van der Waals surface area contributed by atoms with Gasteiger partial charge in [0.05, 0.1) is 25.8 Å². The number of nitrogens with zero attached hydrogens (tertiary/aromatic N) is 1. The summed E-state index contributed by atoms with van der Waals surface area (Å²) in [5, 5.41) is 11.3. The zero-order chi connectivity index (χ0) is 25.3. The molecule has 0 radical (unpaired) electrons. The summed E-state index contributed by atoms with van der Waals surface area (Å²) in [6.45, 7) is 6.33. The number of rotatable bonds is 5. The molecule has 1 N–H and O–H groups in total. The molecule has 0 aliphatic carbocycles. The minimum atomic E-state index is -0.836. The van der Waals surface area contributed by atoms with E-state index in [2.05, 4.69) is 20.8 Å². The van der Waals surface area contributed by atoms with E-state index in [1.807, 2.05) is 30.3 Å². The monoisotopic (exact) mass is 471 g/mol. The van der Waals surface area contributed by atoms with E-state index < -0.39 is 17.7 Å². The maximum absolute atomic E-state index is 13.4. The molecule has 1 heterocycles. The smallest absolute Gasteiger partial charge is 0.300 e.